The number of aromatic nitrogens is 2. The first-order valence-corrected chi connectivity index (χ1v) is 18.7. The normalized spacial score (nSPS) is 13.0. The van der Waals surface area contributed by atoms with Gasteiger partial charge in [-0.2, -0.15) is 0 Å². The van der Waals surface area contributed by atoms with E-state index in [0.717, 1.165) is 60.9 Å². The van der Waals surface area contributed by atoms with Crippen LogP contribution in [0.4, 0.5) is 0 Å². The van der Waals surface area contributed by atoms with Crippen LogP contribution >= 0.6 is 0 Å². The van der Waals surface area contributed by atoms with Crippen molar-refractivity contribution in [3.8, 4) is 33.6 Å². The molecule has 0 unspecified atom stereocenters. The number of pyridine rings is 2. The Hall–Kier alpha value is -3.92. The van der Waals surface area contributed by atoms with E-state index in [1.54, 1.807) is 0 Å². The van der Waals surface area contributed by atoms with Crippen molar-refractivity contribution in [2.24, 2.45) is 10.8 Å². The van der Waals surface area contributed by atoms with Crippen LogP contribution in [0.1, 0.15) is 105 Å². The van der Waals surface area contributed by atoms with Crippen molar-refractivity contribution in [2.45, 2.75) is 106 Å². The minimum Gasteiger partial charge on any atom is -0.512 e. The molecule has 6 rings (SSSR count). The molecular weight excluding hydrogens is 817 g/mol. The summed E-state index contributed by atoms with van der Waals surface area (Å²) in [5.41, 5.74) is 10.1. The molecule has 1 radical (unpaired) electrons. The molecule has 0 saturated heterocycles. The molecule has 0 fully saturated rings. The minimum absolute atomic E-state index is 0. The molecule has 0 spiro atoms. The topological polar surface area (TPSA) is 63.1 Å². The van der Waals surface area contributed by atoms with Gasteiger partial charge in [0.15, 0.2) is 5.78 Å². The molecule has 0 amide bonds. The van der Waals surface area contributed by atoms with Crippen molar-refractivity contribution in [3.63, 3.8) is 0 Å². The van der Waals surface area contributed by atoms with E-state index in [1.165, 1.54) is 44.8 Å². The second-order valence-electron chi connectivity index (χ2n) is 15.6. The number of nitrogens with zero attached hydrogens (tertiary/aromatic N) is 2. The SMILES string of the molecule is CC(C)(C)c1cc(-c2nccc3c2CCc2cc(-c4ccccc4)cnc2-3)[c-]c2ccccc12.CCC(C)(CC)C(=O)/C=C(\O)C(C)(CC)CC.[Ir]. The fourth-order valence-electron chi connectivity index (χ4n) is 6.85. The maximum absolute atomic E-state index is 12.2. The zero-order chi connectivity index (χ0) is 37.0. The van der Waals surface area contributed by atoms with Crippen molar-refractivity contribution in [1.29, 1.82) is 0 Å². The van der Waals surface area contributed by atoms with E-state index in [0.29, 0.717) is 0 Å². The van der Waals surface area contributed by atoms with E-state index in [1.807, 2.05) is 53.9 Å². The quantitative estimate of drug-likeness (QED) is 0.0910. The van der Waals surface area contributed by atoms with Crippen molar-refractivity contribution < 1.29 is 30.0 Å². The summed E-state index contributed by atoms with van der Waals surface area (Å²) in [6, 6.07) is 29.5. The number of aliphatic hydroxyl groups is 1. The van der Waals surface area contributed by atoms with Gasteiger partial charge < -0.3 is 5.11 Å². The maximum Gasteiger partial charge on any atom is 0.164 e. The van der Waals surface area contributed by atoms with Crippen LogP contribution in [0, 0.1) is 16.9 Å². The van der Waals surface area contributed by atoms with E-state index >= 15 is 0 Å². The van der Waals surface area contributed by atoms with Crippen LogP contribution < -0.4 is 0 Å². The molecule has 2 heterocycles. The summed E-state index contributed by atoms with van der Waals surface area (Å²) >= 11 is 0. The fourth-order valence-corrected chi connectivity index (χ4v) is 6.85. The molecule has 2 aromatic heterocycles. The zero-order valence-electron chi connectivity index (χ0n) is 32.5. The van der Waals surface area contributed by atoms with E-state index in [2.05, 4.69) is 99.6 Å². The van der Waals surface area contributed by atoms with Crippen LogP contribution in [-0.4, -0.2) is 20.9 Å². The molecule has 1 aliphatic carbocycles. The predicted molar refractivity (Wildman–Crippen MR) is 214 cm³/mol. The summed E-state index contributed by atoms with van der Waals surface area (Å²) in [6.07, 6.45) is 10.6. The largest absolute Gasteiger partial charge is 0.512 e. The number of allylic oxidation sites excluding steroid dienone is 2. The summed E-state index contributed by atoms with van der Waals surface area (Å²) in [7, 11) is 0. The van der Waals surface area contributed by atoms with Gasteiger partial charge in [-0.3, -0.25) is 14.8 Å². The van der Waals surface area contributed by atoms with Gasteiger partial charge >= 0.3 is 0 Å². The summed E-state index contributed by atoms with van der Waals surface area (Å²) in [6.45, 7) is 18.9. The molecule has 0 atom stereocenters. The van der Waals surface area contributed by atoms with Gasteiger partial charge in [0.25, 0.3) is 0 Å². The number of fused-ring (bicyclic) bond motifs is 4. The van der Waals surface area contributed by atoms with Crippen LogP contribution in [0.2, 0.25) is 0 Å². The number of aliphatic hydroxyl groups excluding tert-OH is 1. The van der Waals surface area contributed by atoms with Gasteiger partial charge in [-0.1, -0.05) is 122 Å². The van der Waals surface area contributed by atoms with Gasteiger partial charge in [0.1, 0.15) is 5.76 Å². The molecule has 3 aromatic carbocycles. The average molecular weight is 872 g/mol. The van der Waals surface area contributed by atoms with Gasteiger partial charge in [-0.15, -0.1) is 29.1 Å². The van der Waals surface area contributed by atoms with Gasteiger partial charge in [0, 0.05) is 60.7 Å². The smallest absolute Gasteiger partial charge is 0.164 e. The van der Waals surface area contributed by atoms with Crippen molar-refractivity contribution in [3.05, 3.63) is 120 Å². The first-order chi connectivity index (χ1) is 24.3. The molecule has 0 saturated carbocycles. The van der Waals surface area contributed by atoms with Gasteiger partial charge in [0.2, 0.25) is 0 Å². The maximum atomic E-state index is 12.2. The summed E-state index contributed by atoms with van der Waals surface area (Å²) in [5.74, 6) is 0.286. The molecule has 275 valence electrons. The first-order valence-electron chi connectivity index (χ1n) is 18.7. The van der Waals surface area contributed by atoms with Crippen LogP contribution in [0.5, 0.6) is 0 Å². The van der Waals surface area contributed by atoms with Crippen molar-refractivity contribution in [1.82, 2.24) is 9.97 Å². The Morgan fingerprint density at radius 1 is 0.769 bits per heavy atom. The Bertz CT molecular complexity index is 2030. The Morgan fingerprint density at radius 3 is 2.04 bits per heavy atom. The summed E-state index contributed by atoms with van der Waals surface area (Å²) < 4.78 is 0. The summed E-state index contributed by atoms with van der Waals surface area (Å²) in [5, 5.41) is 12.5. The fraction of sp³-hybridized carbons (Fsp3) is 0.383. The number of hydrogen-bond donors (Lipinski definition) is 1. The number of hydrogen-bond acceptors (Lipinski definition) is 4. The van der Waals surface area contributed by atoms with Gasteiger partial charge in [0.05, 0.1) is 5.69 Å². The van der Waals surface area contributed by atoms with Gasteiger partial charge in [-0.05, 0) is 78.3 Å². The van der Waals surface area contributed by atoms with Crippen LogP contribution in [0.15, 0.2) is 97.0 Å². The number of aryl methyl sites for hydroxylation is 1. The van der Waals surface area contributed by atoms with E-state index < -0.39 is 0 Å². The third-order valence-electron chi connectivity index (χ3n) is 11.5. The molecule has 4 nitrogen and oxygen atoms in total. The van der Waals surface area contributed by atoms with E-state index in [-0.39, 0.29) is 47.9 Å². The number of ketones is 1. The third kappa shape index (κ3) is 8.48. The summed E-state index contributed by atoms with van der Waals surface area (Å²) in [4.78, 5) is 22.0. The van der Waals surface area contributed by atoms with Crippen LogP contribution in [0.3, 0.4) is 0 Å². The van der Waals surface area contributed by atoms with E-state index in [4.69, 9.17) is 9.97 Å². The van der Waals surface area contributed by atoms with Crippen molar-refractivity contribution >= 4 is 16.6 Å². The third-order valence-corrected chi connectivity index (χ3v) is 11.5. The molecule has 5 aromatic rings. The molecule has 1 N–H and O–H groups in total. The monoisotopic (exact) mass is 872 g/mol. The second-order valence-corrected chi connectivity index (χ2v) is 15.6. The Morgan fingerprint density at radius 2 is 1.40 bits per heavy atom. The molecule has 5 heteroatoms. The number of carbonyl (C=O) groups excluding carboxylic acids is 1. The predicted octanol–water partition coefficient (Wildman–Crippen LogP) is 12.5. The average Bonchev–Trinajstić information content (AvgIpc) is 3.16. The molecule has 0 bridgehead atoms. The Labute approximate surface area is 325 Å². The first kappa shape index (κ1) is 40.8. The number of carbonyl (C=O) groups is 1. The van der Waals surface area contributed by atoms with Crippen LogP contribution in [0.25, 0.3) is 44.4 Å². The Kier molecular flexibility index (Phi) is 13.2. The van der Waals surface area contributed by atoms with E-state index in [9.17, 15) is 9.90 Å². The minimum atomic E-state index is -0.337. The molecular formula is C47H55IrN2O2-. The van der Waals surface area contributed by atoms with Crippen LogP contribution in [-0.2, 0) is 43.2 Å². The van der Waals surface area contributed by atoms with Gasteiger partial charge in [-0.25, -0.2) is 0 Å². The molecule has 1 aliphatic rings. The molecule has 52 heavy (non-hydrogen) atoms. The molecule has 0 aliphatic heterocycles. The second kappa shape index (κ2) is 16.8. The van der Waals surface area contributed by atoms with Crippen molar-refractivity contribution in [2.75, 3.05) is 0 Å². The Balaban J connectivity index is 0.000000289. The zero-order valence-corrected chi connectivity index (χ0v) is 34.9. The number of rotatable bonds is 9. The standard InChI is InChI=1S/C32H27N2.C15H28O2.Ir/c1-32(2,3)29-19-24(17-22-11-7-8-12-26(22)29)31-27-14-13-23-18-25(21-9-5-4-6-10-21)20-34-30(23)28(27)15-16-33-31;1-7-14(5,8-2)12(16)11-13(17)15(6,9-3)10-4;/h4-12,15-16,18-20H,13-14H2,1-3H3;11,16H,7-10H2,1-6H3;/q-1;;/b;12-11-;. The number of benzene rings is 3.